The quantitative estimate of drug-likeness (QED) is 0.434. The average Bonchev–Trinajstić information content (AvgIpc) is 1.95. The van der Waals surface area contributed by atoms with Gasteiger partial charge in [-0.1, -0.05) is 6.08 Å². The van der Waals surface area contributed by atoms with Crippen LogP contribution in [0.2, 0.25) is 0 Å². The smallest absolute Gasteiger partial charge is 0.161 e. The van der Waals surface area contributed by atoms with Gasteiger partial charge in [0, 0.05) is 6.42 Å². The first-order chi connectivity index (χ1) is 4.84. The molecule has 0 aromatic carbocycles. The van der Waals surface area contributed by atoms with Gasteiger partial charge in [0.1, 0.15) is 6.10 Å². The summed E-state index contributed by atoms with van der Waals surface area (Å²) in [6, 6.07) is 0. The van der Waals surface area contributed by atoms with Crippen LogP contribution in [-0.4, -0.2) is 18.5 Å². The molecule has 0 aliphatic heterocycles. The van der Waals surface area contributed by atoms with Crippen molar-refractivity contribution < 1.29 is 9.53 Å². The fourth-order valence-electron chi connectivity index (χ4n) is 0.850. The van der Waals surface area contributed by atoms with E-state index in [0.717, 1.165) is 12.8 Å². The minimum absolute atomic E-state index is 0.0834. The third-order valence-electron chi connectivity index (χ3n) is 1.65. The maximum absolute atomic E-state index is 10.7. The van der Waals surface area contributed by atoms with Gasteiger partial charge < -0.3 is 4.74 Å². The second-order valence-corrected chi connectivity index (χ2v) is 2.44. The molecule has 0 aromatic rings. The lowest BCUT2D eigenvalue weighted by Gasteiger charge is -2.23. The Morgan fingerprint density at radius 1 is 1.80 bits per heavy atom. The Balaban J connectivity index is 2.02. The molecule has 0 radical (unpaired) electrons. The van der Waals surface area contributed by atoms with Crippen LogP contribution >= 0.6 is 0 Å². The van der Waals surface area contributed by atoms with Crippen molar-refractivity contribution in [2.24, 2.45) is 0 Å². The standard InChI is InChI=1S/C8H12O2/c1-2-3-6-10-8-5-4-7(8)9/h2,8H,1,3-6H2. The maximum atomic E-state index is 10.7. The van der Waals surface area contributed by atoms with Crippen molar-refractivity contribution in [3.63, 3.8) is 0 Å². The molecule has 0 amide bonds. The molecule has 0 bridgehead atoms. The molecule has 1 saturated carbocycles. The zero-order valence-electron chi connectivity index (χ0n) is 6.01. The molecule has 0 heterocycles. The van der Waals surface area contributed by atoms with Gasteiger partial charge in [-0.3, -0.25) is 4.79 Å². The lowest BCUT2D eigenvalue weighted by molar-refractivity contribution is -0.140. The number of rotatable bonds is 4. The molecule has 1 fully saturated rings. The van der Waals surface area contributed by atoms with Gasteiger partial charge in [0.05, 0.1) is 6.61 Å². The van der Waals surface area contributed by atoms with Crippen LogP contribution in [0.4, 0.5) is 0 Å². The zero-order valence-corrected chi connectivity index (χ0v) is 6.01. The molecule has 1 rings (SSSR count). The predicted octanol–water partition coefficient (Wildman–Crippen LogP) is 1.31. The Morgan fingerprint density at radius 3 is 3.00 bits per heavy atom. The first-order valence-corrected chi connectivity index (χ1v) is 3.60. The molecule has 2 heteroatoms. The zero-order chi connectivity index (χ0) is 7.40. The number of carbonyl (C=O) groups excluding carboxylic acids is 1. The molecule has 56 valence electrons. The van der Waals surface area contributed by atoms with Gasteiger partial charge in [-0.2, -0.15) is 0 Å². The minimum atomic E-state index is -0.0834. The van der Waals surface area contributed by atoms with Gasteiger partial charge in [0.2, 0.25) is 0 Å². The molecule has 0 spiro atoms. The van der Waals surface area contributed by atoms with Gasteiger partial charge in [-0.15, -0.1) is 6.58 Å². The van der Waals surface area contributed by atoms with E-state index in [1.807, 2.05) is 0 Å². The van der Waals surface area contributed by atoms with Crippen LogP contribution in [0, 0.1) is 0 Å². The van der Waals surface area contributed by atoms with Gasteiger partial charge in [-0.05, 0) is 12.8 Å². The molecule has 0 N–H and O–H groups in total. The van der Waals surface area contributed by atoms with Crippen molar-refractivity contribution in [1.29, 1.82) is 0 Å². The molecule has 0 saturated heterocycles. The number of ketones is 1. The Hall–Kier alpha value is -0.630. The van der Waals surface area contributed by atoms with Crippen molar-refractivity contribution in [1.82, 2.24) is 0 Å². The Labute approximate surface area is 60.9 Å². The molecule has 0 aromatic heterocycles. The first-order valence-electron chi connectivity index (χ1n) is 3.60. The highest BCUT2D eigenvalue weighted by molar-refractivity contribution is 5.88. The van der Waals surface area contributed by atoms with Crippen LogP contribution < -0.4 is 0 Å². The number of Topliss-reactive ketones (excluding diaryl/α,β-unsaturated/α-hetero) is 1. The largest absolute Gasteiger partial charge is 0.370 e. The summed E-state index contributed by atoms with van der Waals surface area (Å²) in [6.45, 7) is 4.19. The van der Waals surface area contributed by atoms with Gasteiger partial charge in [0.15, 0.2) is 5.78 Å². The van der Waals surface area contributed by atoms with E-state index in [0.29, 0.717) is 13.0 Å². The summed E-state index contributed by atoms with van der Waals surface area (Å²) in [7, 11) is 0. The number of hydrogen-bond acceptors (Lipinski definition) is 2. The van der Waals surface area contributed by atoms with E-state index < -0.39 is 0 Å². The van der Waals surface area contributed by atoms with E-state index in [1.54, 1.807) is 6.08 Å². The highest BCUT2D eigenvalue weighted by atomic mass is 16.5. The maximum Gasteiger partial charge on any atom is 0.161 e. The molecule has 1 atom stereocenters. The van der Waals surface area contributed by atoms with Crippen molar-refractivity contribution in [3.8, 4) is 0 Å². The second kappa shape index (κ2) is 3.52. The summed E-state index contributed by atoms with van der Waals surface area (Å²) in [5.41, 5.74) is 0. The fraction of sp³-hybridized carbons (Fsp3) is 0.625. The number of ether oxygens (including phenoxy) is 1. The van der Waals surface area contributed by atoms with Gasteiger partial charge in [0.25, 0.3) is 0 Å². The monoisotopic (exact) mass is 140 g/mol. The average molecular weight is 140 g/mol. The number of hydrogen-bond donors (Lipinski definition) is 0. The van der Waals surface area contributed by atoms with Crippen LogP contribution in [0.5, 0.6) is 0 Å². The van der Waals surface area contributed by atoms with Crippen molar-refractivity contribution in [2.45, 2.75) is 25.4 Å². The summed E-state index contributed by atoms with van der Waals surface area (Å²) in [5, 5.41) is 0. The van der Waals surface area contributed by atoms with Crippen molar-refractivity contribution >= 4 is 5.78 Å². The summed E-state index contributed by atoms with van der Waals surface area (Å²) in [4.78, 5) is 10.7. The molecular formula is C8H12O2. The predicted molar refractivity (Wildman–Crippen MR) is 38.8 cm³/mol. The molecule has 1 unspecified atom stereocenters. The highest BCUT2D eigenvalue weighted by Gasteiger charge is 2.28. The lowest BCUT2D eigenvalue weighted by Crippen LogP contribution is -2.34. The van der Waals surface area contributed by atoms with Gasteiger partial charge >= 0.3 is 0 Å². The van der Waals surface area contributed by atoms with Crippen LogP contribution in [0.25, 0.3) is 0 Å². The topological polar surface area (TPSA) is 26.3 Å². The summed E-state index contributed by atoms with van der Waals surface area (Å²) in [6.07, 6.45) is 4.17. The summed E-state index contributed by atoms with van der Waals surface area (Å²) in [5.74, 6) is 0.254. The molecule has 1 aliphatic carbocycles. The SMILES string of the molecule is C=CCCOC1CCC1=O. The minimum Gasteiger partial charge on any atom is -0.370 e. The Morgan fingerprint density at radius 2 is 2.60 bits per heavy atom. The van der Waals surface area contributed by atoms with E-state index in [-0.39, 0.29) is 11.9 Å². The molecule has 1 aliphatic rings. The fourth-order valence-corrected chi connectivity index (χ4v) is 0.850. The van der Waals surface area contributed by atoms with E-state index >= 15 is 0 Å². The normalized spacial score (nSPS) is 24.0. The number of carbonyl (C=O) groups is 1. The van der Waals surface area contributed by atoms with Crippen molar-refractivity contribution in [3.05, 3.63) is 12.7 Å². The van der Waals surface area contributed by atoms with Crippen LogP contribution in [-0.2, 0) is 9.53 Å². The molecular weight excluding hydrogens is 128 g/mol. The second-order valence-electron chi connectivity index (χ2n) is 2.44. The van der Waals surface area contributed by atoms with Crippen LogP contribution in [0.1, 0.15) is 19.3 Å². The molecule has 2 nitrogen and oxygen atoms in total. The Bertz CT molecular complexity index is 140. The first kappa shape index (κ1) is 7.48. The van der Waals surface area contributed by atoms with Crippen LogP contribution in [0.15, 0.2) is 12.7 Å². The van der Waals surface area contributed by atoms with E-state index in [2.05, 4.69) is 6.58 Å². The van der Waals surface area contributed by atoms with E-state index in [1.165, 1.54) is 0 Å². The third kappa shape index (κ3) is 1.67. The van der Waals surface area contributed by atoms with E-state index in [9.17, 15) is 4.79 Å². The van der Waals surface area contributed by atoms with Crippen LogP contribution in [0.3, 0.4) is 0 Å². The third-order valence-corrected chi connectivity index (χ3v) is 1.65. The van der Waals surface area contributed by atoms with Gasteiger partial charge in [-0.25, -0.2) is 0 Å². The highest BCUT2D eigenvalue weighted by Crippen LogP contribution is 2.17. The summed E-state index contributed by atoms with van der Waals surface area (Å²) < 4.78 is 5.21. The molecule has 10 heavy (non-hydrogen) atoms. The summed E-state index contributed by atoms with van der Waals surface area (Å²) >= 11 is 0. The Kier molecular flexibility index (Phi) is 2.63. The lowest BCUT2D eigenvalue weighted by atomic mass is 9.94. The van der Waals surface area contributed by atoms with Crippen molar-refractivity contribution in [2.75, 3.05) is 6.61 Å². The van der Waals surface area contributed by atoms with E-state index in [4.69, 9.17) is 4.74 Å².